The zero-order valence-corrected chi connectivity index (χ0v) is 11.3. The molecule has 1 aliphatic rings. The van der Waals surface area contributed by atoms with Crippen molar-refractivity contribution in [2.75, 3.05) is 11.9 Å². The maximum absolute atomic E-state index is 12.2. The molecule has 1 heterocycles. The molecule has 1 aliphatic carbocycles. The Bertz CT molecular complexity index is 480. The highest BCUT2D eigenvalue weighted by molar-refractivity contribution is 9.09. The summed E-state index contributed by atoms with van der Waals surface area (Å²) in [7, 11) is 1.67. The number of aromatic nitrogens is 1. The molecule has 92 valence electrons. The molecule has 4 nitrogen and oxygen atoms in total. The van der Waals surface area contributed by atoms with Gasteiger partial charge in [0.25, 0.3) is 11.5 Å². The number of hydrogen-bond donors (Lipinski definition) is 0. The van der Waals surface area contributed by atoms with Crippen LogP contribution in [0.4, 0.5) is 0 Å². The van der Waals surface area contributed by atoms with E-state index in [1.54, 1.807) is 19.3 Å². The van der Waals surface area contributed by atoms with Gasteiger partial charge in [0.05, 0.1) is 0 Å². The highest BCUT2D eigenvalue weighted by Gasteiger charge is 2.32. The third kappa shape index (κ3) is 2.77. The van der Waals surface area contributed by atoms with Gasteiger partial charge in [-0.05, 0) is 18.9 Å². The summed E-state index contributed by atoms with van der Waals surface area (Å²) in [6.45, 7) is 0.693. The highest BCUT2D eigenvalue weighted by atomic mass is 79.9. The predicted molar refractivity (Wildman–Crippen MR) is 69.5 cm³/mol. The summed E-state index contributed by atoms with van der Waals surface area (Å²) in [6, 6.07) is 3.48. The molecule has 1 amide bonds. The first-order valence-corrected chi connectivity index (χ1v) is 6.79. The van der Waals surface area contributed by atoms with Crippen molar-refractivity contribution in [1.82, 2.24) is 9.47 Å². The number of alkyl halides is 1. The Hall–Kier alpha value is -1.10. The van der Waals surface area contributed by atoms with Gasteiger partial charge >= 0.3 is 0 Å². The van der Waals surface area contributed by atoms with Crippen molar-refractivity contribution in [2.24, 2.45) is 7.05 Å². The Labute approximate surface area is 108 Å². The van der Waals surface area contributed by atoms with Crippen LogP contribution >= 0.6 is 15.9 Å². The topological polar surface area (TPSA) is 42.3 Å². The van der Waals surface area contributed by atoms with Crippen LogP contribution in [0.2, 0.25) is 0 Å². The minimum atomic E-state index is -0.148. The monoisotopic (exact) mass is 298 g/mol. The molecule has 17 heavy (non-hydrogen) atoms. The second-order valence-corrected chi connectivity index (χ2v) is 5.08. The molecule has 0 aliphatic heterocycles. The summed E-state index contributed by atoms with van der Waals surface area (Å²) in [5.41, 5.74) is 0.339. The van der Waals surface area contributed by atoms with Gasteiger partial charge < -0.3 is 9.47 Å². The molecule has 0 aromatic carbocycles. The highest BCUT2D eigenvalue weighted by Crippen LogP contribution is 2.28. The third-order valence-corrected chi connectivity index (χ3v) is 3.28. The van der Waals surface area contributed by atoms with Gasteiger partial charge in [-0.2, -0.15) is 0 Å². The maximum Gasteiger partial charge on any atom is 0.254 e. The average molecular weight is 299 g/mol. The van der Waals surface area contributed by atoms with E-state index in [-0.39, 0.29) is 11.5 Å². The van der Waals surface area contributed by atoms with Crippen LogP contribution in [0.15, 0.2) is 23.1 Å². The first kappa shape index (κ1) is 12.4. The van der Waals surface area contributed by atoms with Crippen molar-refractivity contribution in [3.63, 3.8) is 0 Å². The molecule has 0 spiro atoms. The fourth-order valence-electron chi connectivity index (χ4n) is 1.77. The number of nitrogens with zero attached hydrogens (tertiary/aromatic N) is 2. The van der Waals surface area contributed by atoms with E-state index in [1.165, 1.54) is 10.6 Å². The van der Waals surface area contributed by atoms with Crippen LogP contribution in [0, 0.1) is 0 Å². The largest absolute Gasteiger partial charge is 0.335 e. The molecule has 0 unspecified atom stereocenters. The van der Waals surface area contributed by atoms with Crippen LogP contribution in [0.1, 0.15) is 23.2 Å². The zero-order valence-electron chi connectivity index (χ0n) is 9.73. The van der Waals surface area contributed by atoms with E-state index < -0.39 is 0 Å². The first-order valence-electron chi connectivity index (χ1n) is 5.67. The molecule has 1 fully saturated rings. The van der Waals surface area contributed by atoms with Crippen molar-refractivity contribution in [1.29, 1.82) is 0 Å². The Morgan fingerprint density at radius 3 is 2.82 bits per heavy atom. The Morgan fingerprint density at radius 2 is 2.29 bits per heavy atom. The van der Waals surface area contributed by atoms with Gasteiger partial charge in [-0.25, -0.2) is 0 Å². The van der Waals surface area contributed by atoms with Gasteiger partial charge in [-0.1, -0.05) is 15.9 Å². The predicted octanol–water partition coefficient (Wildman–Crippen LogP) is 1.38. The average Bonchev–Trinajstić information content (AvgIpc) is 3.13. The van der Waals surface area contributed by atoms with Gasteiger partial charge in [-0.15, -0.1) is 0 Å². The van der Waals surface area contributed by atoms with E-state index in [1.807, 2.05) is 4.90 Å². The van der Waals surface area contributed by atoms with Gasteiger partial charge in [0.1, 0.15) is 0 Å². The van der Waals surface area contributed by atoms with Crippen molar-refractivity contribution in [3.8, 4) is 0 Å². The molecule has 2 rings (SSSR count). The fourth-order valence-corrected chi connectivity index (χ4v) is 2.16. The standard InChI is InChI=1S/C12H15BrN2O2/c1-14-6-4-9(8-11(14)16)12(17)15(7-5-13)10-2-3-10/h4,6,8,10H,2-3,5,7H2,1H3. The van der Waals surface area contributed by atoms with Crippen LogP contribution < -0.4 is 5.56 Å². The summed E-state index contributed by atoms with van der Waals surface area (Å²) in [6.07, 6.45) is 3.78. The van der Waals surface area contributed by atoms with Gasteiger partial charge in [0, 0.05) is 42.8 Å². The number of carbonyl (C=O) groups excluding carboxylic acids is 1. The first-order chi connectivity index (χ1) is 8.13. The number of halogens is 1. The second kappa shape index (κ2) is 5.04. The molecule has 0 atom stereocenters. The van der Waals surface area contributed by atoms with Crippen LogP contribution in [-0.4, -0.2) is 33.3 Å². The van der Waals surface area contributed by atoms with E-state index in [4.69, 9.17) is 0 Å². The number of carbonyl (C=O) groups is 1. The molecule has 0 radical (unpaired) electrons. The van der Waals surface area contributed by atoms with E-state index >= 15 is 0 Å². The van der Waals surface area contributed by atoms with Crippen LogP contribution in [0.3, 0.4) is 0 Å². The maximum atomic E-state index is 12.2. The second-order valence-electron chi connectivity index (χ2n) is 4.28. The van der Waals surface area contributed by atoms with Crippen molar-refractivity contribution in [2.45, 2.75) is 18.9 Å². The van der Waals surface area contributed by atoms with Crippen molar-refractivity contribution >= 4 is 21.8 Å². The SMILES string of the molecule is Cn1ccc(C(=O)N(CCBr)C2CC2)cc1=O. The Morgan fingerprint density at radius 1 is 1.59 bits per heavy atom. The van der Waals surface area contributed by atoms with Gasteiger partial charge in [0.15, 0.2) is 0 Å². The summed E-state index contributed by atoms with van der Waals surface area (Å²) < 4.78 is 1.46. The normalized spacial score (nSPS) is 14.7. The molecule has 0 N–H and O–H groups in total. The number of aryl methyl sites for hydroxylation is 1. The third-order valence-electron chi connectivity index (χ3n) is 2.93. The number of hydrogen-bond acceptors (Lipinski definition) is 2. The number of amides is 1. The molecule has 0 bridgehead atoms. The lowest BCUT2D eigenvalue weighted by Crippen LogP contribution is -2.35. The van der Waals surface area contributed by atoms with E-state index in [9.17, 15) is 9.59 Å². The molecular weight excluding hydrogens is 284 g/mol. The number of rotatable bonds is 4. The van der Waals surface area contributed by atoms with Crippen LogP contribution in [0.25, 0.3) is 0 Å². The van der Waals surface area contributed by atoms with E-state index in [2.05, 4.69) is 15.9 Å². The zero-order chi connectivity index (χ0) is 12.4. The molecule has 1 aromatic rings. The quantitative estimate of drug-likeness (QED) is 0.788. The van der Waals surface area contributed by atoms with Crippen LogP contribution in [0.5, 0.6) is 0 Å². The Kier molecular flexibility index (Phi) is 3.66. The summed E-state index contributed by atoms with van der Waals surface area (Å²) in [5, 5.41) is 0.764. The molecule has 1 aromatic heterocycles. The van der Waals surface area contributed by atoms with Gasteiger partial charge in [-0.3, -0.25) is 9.59 Å². The lowest BCUT2D eigenvalue weighted by Gasteiger charge is -2.21. The summed E-state index contributed by atoms with van der Waals surface area (Å²) in [4.78, 5) is 25.6. The molecular formula is C12H15BrN2O2. The molecule has 0 saturated heterocycles. The van der Waals surface area contributed by atoms with Crippen molar-refractivity contribution in [3.05, 3.63) is 34.2 Å². The smallest absolute Gasteiger partial charge is 0.254 e. The van der Waals surface area contributed by atoms with E-state index in [0.717, 1.165) is 18.2 Å². The number of pyridine rings is 1. The van der Waals surface area contributed by atoms with Crippen molar-refractivity contribution < 1.29 is 4.79 Å². The van der Waals surface area contributed by atoms with E-state index in [0.29, 0.717) is 18.2 Å². The summed E-state index contributed by atoms with van der Waals surface area (Å²) >= 11 is 3.35. The lowest BCUT2D eigenvalue weighted by molar-refractivity contribution is 0.0754. The minimum Gasteiger partial charge on any atom is -0.335 e. The fraction of sp³-hybridized carbons (Fsp3) is 0.500. The molecule has 5 heteroatoms. The Balaban J connectivity index is 2.22. The van der Waals surface area contributed by atoms with Crippen LogP contribution in [-0.2, 0) is 7.05 Å². The molecule has 1 saturated carbocycles. The summed E-state index contributed by atoms with van der Waals surface area (Å²) in [5.74, 6) is -0.0374. The minimum absolute atomic E-state index is 0.0374. The lowest BCUT2D eigenvalue weighted by atomic mass is 10.2. The van der Waals surface area contributed by atoms with Gasteiger partial charge in [0.2, 0.25) is 0 Å².